The van der Waals surface area contributed by atoms with Gasteiger partial charge in [0.05, 0.1) is 11.7 Å². The number of nitrogens with one attached hydrogen (secondary N) is 1. The molecule has 1 aliphatic heterocycles. The Morgan fingerprint density at radius 1 is 1.56 bits per heavy atom. The molecule has 18 heavy (non-hydrogen) atoms. The van der Waals surface area contributed by atoms with Crippen LogP contribution in [0.1, 0.15) is 43.9 Å². The lowest BCUT2D eigenvalue weighted by molar-refractivity contribution is 0.120. The molecule has 4 nitrogen and oxygen atoms in total. The Morgan fingerprint density at radius 3 is 3.00 bits per heavy atom. The minimum atomic E-state index is 0.251. The number of aromatic nitrogens is 1. The van der Waals surface area contributed by atoms with Crippen LogP contribution in [0.4, 0.5) is 5.82 Å². The molecule has 4 heteroatoms. The monoisotopic (exact) mass is 245 g/mol. The molecule has 0 aliphatic carbocycles. The lowest BCUT2D eigenvalue weighted by atomic mass is 10.1. The zero-order chi connectivity index (χ0) is 13.0. The third-order valence-electron chi connectivity index (χ3n) is 3.15. The van der Waals surface area contributed by atoms with Crippen LogP contribution in [0.3, 0.4) is 0 Å². The predicted octanol–water partition coefficient (Wildman–Crippen LogP) is 2.67. The summed E-state index contributed by atoms with van der Waals surface area (Å²) in [4.78, 5) is 4.51. The molecule has 1 unspecified atom stereocenters. The van der Waals surface area contributed by atoms with Gasteiger partial charge in [-0.3, -0.25) is 0 Å². The van der Waals surface area contributed by atoms with E-state index in [0.717, 1.165) is 31.7 Å². The summed E-state index contributed by atoms with van der Waals surface area (Å²) in [5.41, 5.74) is 1.60. The molecule has 1 aromatic rings. The maximum atomic E-state index is 9.08. The Morgan fingerprint density at radius 2 is 2.39 bits per heavy atom. The summed E-state index contributed by atoms with van der Waals surface area (Å²) < 4.78 is 5.55. The number of ether oxygens (including phenoxy) is 1. The second-order valence-corrected chi connectivity index (χ2v) is 4.91. The van der Waals surface area contributed by atoms with Gasteiger partial charge in [0, 0.05) is 18.8 Å². The van der Waals surface area contributed by atoms with Gasteiger partial charge >= 0.3 is 0 Å². The molecular weight excluding hydrogens is 226 g/mol. The lowest BCUT2D eigenvalue weighted by Crippen LogP contribution is -2.19. The van der Waals surface area contributed by atoms with Gasteiger partial charge in [-0.25, -0.2) is 4.98 Å². The maximum absolute atomic E-state index is 9.08. The van der Waals surface area contributed by atoms with E-state index in [1.807, 2.05) is 12.1 Å². The van der Waals surface area contributed by atoms with E-state index in [9.17, 15) is 0 Å². The van der Waals surface area contributed by atoms with Gasteiger partial charge in [-0.05, 0) is 30.9 Å². The minimum Gasteiger partial charge on any atom is -0.376 e. The van der Waals surface area contributed by atoms with Crippen molar-refractivity contribution in [3.8, 4) is 6.07 Å². The van der Waals surface area contributed by atoms with Crippen LogP contribution in [0.25, 0.3) is 0 Å². The molecule has 1 fully saturated rings. The Hall–Kier alpha value is -1.60. The molecule has 1 atom stereocenters. The van der Waals surface area contributed by atoms with Gasteiger partial charge in [0.1, 0.15) is 11.9 Å². The average molecular weight is 245 g/mol. The van der Waals surface area contributed by atoms with Crippen LogP contribution in [0, 0.1) is 11.3 Å². The molecule has 1 aliphatic rings. The smallest absolute Gasteiger partial charge is 0.144 e. The first-order valence-corrected chi connectivity index (χ1v) is 6.47. The van der Waals surface area contributed by atoms with Crippen molar-refractivity contribution in [1.82, 2.24) is 4.98 Å². The summed E-state index contributed by atoms with van der Waals surface area (Å²) >= 11 is 0. The molecule has 1 saturated heterocycles. The lowest BCUT2D eigenvalue weighted by Gasteiger charge is -2.14. The van der Waals surface area contributed by atoms with E-state index in [4.69, 9.17) is 10.00 Å². The van der Waals surface area contributed by atoms with Crippen LogP contribution < -0.4 is 5.32 Å². The van der Waals surface area contributed by atoms with Crippen LogP contribution >= 0.6 is 0 Å². The highest BCUT2D eigenvalue weighted by atomic mass is 16.5. The molecule has 0 bridgehead atoms. The molecule has 0 saturated carbocycles. The molecular formula is C14H19N3O. The van der Waals surface area contributed by atoms with Crippen LogP contribution in [-0.4, -0.2) is 24.2 Å². The van der Waals surface area contributed by atoms with Gasteiger partial charge < -0.3 is 10.1 Å². The van der Waals surface area contributed by atoms with Gasteiger partial charge in [0.15, 0.2) is 0 Å². The number of nitriles is 1. The Labute approximate surface area is 108 Å². The number of rotatable bonds is 4. The van der Waals surface area contributed by atoms with Gasteiger partial charge in [0.25, 0.3) is 0 Å². The SMILES string of the molecule is CC(C)c1ccc(C#N)c(NCC2CCCO2)n1. The Balaban J connectivity index is 2.08. The van der Waals surface area contributed by atoms with Crippen molar-refractivity contribution in [2.75, 3.05) is 18.5 Å². The summed E-state index contributed by atoms with van der Waals surface area (Å²) in [5.74, 6) is 1.04. The fraction of sp³-hybridized carbons (Fsp3) is 0.571. The maximum Gasteiger partial charge on any atom is 0.144 e. The summed E-state index contributed by atoms with van der Waals surface area (Å²) in [6.45, 7) is 5.76. The fourth-order valence-electron chi connectivity index (χ4n) is 2.04. The number of hydrogen-bond donors (Lipinski definition) is 1. The second kappa shape index (κ2) is 5.83. The van der Waals surface area contributed by atoms with E-state index >= 15 is 0 Å². The predicted molar refractivity (Wildman–Crippen MR) is 70.5 cm³/mol. The molecule has 0 radical (unpaired) electrons. The molecule has 2 rings (SSSR count). The molecule has 0 amide bonds. The molecule has 2 heterocycles. The van der Waals surface area contributed by atoms with E-state index in [2.05, 4.69) is 30.2 Å². The van der Waals surface area contributed by atoms with Crippen molar-refractivity contribution in [2.24, 2.45) is 0 Å². The standard InChI is InChI=1S/C14H19N3O/c1-10(2)13-6-5-11(8-15)14(17-13)16-9-12-4-3-7-18-12/h5-6,10,12H,3-4,7,9H2,1-2H3,(H,16,17). The third kappa shape index (κ3) is 2.99. The summed E-state index contributed by atoms with van der Waals surface area (Å²) in [6, 6.07) is 5.92. The number of nitrogens with zero attached hydrogens (tertiary/aromatic N) is 2. The van der Waals surface area contributed by atoms with E-state index in [1.165, 1.54) is 0 Å². The van der Waals surface area contributed by atoms with Crippen LogP contribution in [0.2, 0.25) is 0 Å². The van der Waals surface area contributed by atoms with E-state index in [-0.39, 0.29) is 6.10 Å². The minimum absolute atomic E-state index is 0.251. The summed E-state index contributed by atoms with van der Waals surface area (Å²) in [7, 11) is 0. The van der Waals surface area contributed by atoms with Crippen LogP contribution in [-0.2, 0) is 4.74 Å². The zero-order valence-corrected chi connectivity index (χ0v) is 10.9. The summed E-state index contributed by atoms with van der Waals surface area (Å²) in [5, 5.41) is 12.3. The van der Waals surface area contributed by atoms with E-state index < -0.39 is 0 Å². The largest absolute Gasteiger partial charge is 0.376 e. The van der Waals surface area contributed by atoms with Crippen molar-refractivity contribution in [2.45, 2.75) is 38.7 Å². The molecule has 0 aromatic carbocycles. The van der Waals surface area contributed by atoms with Crippen molar-refractivity contribution < 1.29 is 4.74 Å². The highest BCUT2D eigenvalue weighted by molar-refractivity contribution is 5.52. The van der Waals surface area contributed by atoms with Crippen molar-refractivity contribution >= 4 is 5.82 Å². The molecule has 1 aromatic heterocycles. The van der Waals surface area contributed by atoms with Crippen molar-refractivity contribution in [3.63, 3.8) is 0 Å². The van der Waals surface area contributed by atoms with Gasteiger partial charge in [-0.1, -0.05) is 13.8 Å². The van der Waals surface area contributed by atoms with Crippen molar-refractivity contribution in [1.29, 1.82) is 5.26 Å². The Bertz CT molecular complexity index is 445. The zero-order valence-electron chi connectivity index (χ0n) is 10.9. The van der Waals surface area contributed by atoms with Crippen LogP contribution in [0.15, 0.2) is 12.1 Å². The molecule has 1 N–H and O–H groups in total. The van der Waals surface area contributed by atoms with Gasteiger partial charge in [0.2, 0.25) is 0 Å². The fourth-order valence-corrected chi connectivity index (χ4v) is 2.04. The van der Waals surface area contributed by atoms with E-state index in [1.54, 1.807) is 0 Å². The number of anilines is 1. The van der Waals surface area contributed by atoms with Gasteiger partial charge in [-0.15, -0.1) is 0 Å². The van der Waals surface area contributed by atoms with Gasteiger partial charge in [-0.2, -0.15) is 5.26 Å². The topological polar surface area (TPSA) is 57.9 Å². The molecule has 0 spiro atoms. The second-order valence-electron chi connectivity index (χ2n) is 4.91. The Kier molecular flexibility index (Phi) is 4.16. The highest BCUT2D eigenvalue weighted by Gasteiger charge is 2.16. The van der Waals surface area contributed by atoms with Crippen LogP contribution in [0.5, 0.6) is 0 Å². The quantitative estimate of drug-likeness (QED) is 0.886. The first-order valence-electron chi connectivity index (χ1n) is 6.47. The summed E-state index contributed by atoms with van der Waals surface area (Å²) in [6.07, 6.45) is 2.46. The number of pyridine rings is 1. The number of hydrogen-bond acceptors (Lipinski definition) is 4. The first kappa shape index (κ1) is 12.8. The first-order chi connectivity index (χ1) is 8.70. The normalized spacial score (nSPS) is 18.9. The van der Waals surface area contributed by atoms with E-state index in [0.29, 0.717) is 17.3 Å². The van der Waals surface area contributed by atoms with Crippen molar-refractivity contribution in [3.05, 3.63) is 23.4 Å². The molecule has 96 valence electrons. The average Bonchev–Trinajstić information content (AvgIpc) is 2.89. The highest BCUT2D eigenvalue weighted by Crippen LogP contribution is 2.19. The third-order valence-corrected chi connectivity index (χ3v) is 3.15.